The van der Waals surface area contributed by atoms with Crippen LogP contribution in [0.5, 0.6) is 5.75 Å². The van der Waals surface area contributed by atoms with Crippen LogP contribution in [0, 0.1) is 19.7 Å². The molecule has 0 saturated heterocycles. The van der Waals surface area contributed by atoms with Gasteiger partial charge in [0.1, 0.15) is 23.9 Å². The van der Waals surface area contributed by atoms with Crippen molar-refractivity contribution in [3.8, 4) is 5.75 Å². The highest BCUT2D eigenvalue weighted by Gasteiger charge is 2.14. The number of aryl methyl sites for hydroxylation is 2. The monoisotopic (exact) mass is 338 g/mol. The number of nitrogens with zero attached hydrogens (tertiary/aromatic N) is 1. The summed E-state index contributed by atoms with van der Waals surface area (Å²) in [6, 6.07) is 6.04. The molecule has 3 rings (SSSR count). The van der Waals surface area contributed by atoms with Crippen LogP contribution < -0.4 is 4.74 Å². The first-order valence-corrected chi connectivity index (χ1v) is 8.43. The molecule has 4 heteroatoms. The number of hydrogen-bond donors (Lipinski definition) is 1. The summed E-state index contributed by atoms with van der Waals surface area (Å²) in [4.78, 5) is 8.06. The van der Waals surface area contributed by atoms with E-state index in [1.807, 2.05) is 6.20 Å². The van der Waals surface area contributed by atoms with E-state index in [0.717, 1.165) is 23.3 Å². The maximum atomic E-state index is 13.0. The van der Waals surface area contributed by atoms with Gasteiger partial charge in [-0.15, -0.1) is 0 Å². The lowest BCUT2D eigenvalue weighted by atomic mass is 10.0. The van der Waals surface area contributed by atoms with Gasteiger partial charge in [0, 0.05) is 17.3 Å². The van der Waals surface area contributed by atoms with Crippen LogP contribution in [0.1, 0.15) is 36.4 Å². The predicted molar refractivity (Wildman–Crippen MR) is 99.4 cm³/mol. The zero-order chi connectivity index (χ0) is 18.0. The maximum Gasteiger partial charge on any atom is 0.132 e. The number of ether oxygens (including phenoxy) is 1. The molecule has 0 bridgehead atoms. The molecule has 3 nitrogen and oxygen atoms in total. The Morgan fingerprint density at radius 2 is 1.92 bits per heavy atom. The first-order valence-electron chi connectivity index (χ1n) is 8.43. The number of nitrogens with one attached hydrogen (secondary N) is 1. The molecule has 0 atom stereocenters. The fourth-order valence-corrected chi connectivity index (χ4v) is 2.88. The van der Waals surface area contributed by atoms with Gasteiger partial charge in [0.05, 0.1) is 5.52 Å². The van der Waals surface area contributed by atoms with Gasteiger partial charge in [-0.1, -0.05) is 11.6 Å². The minimum Gasteiger partial charge on any atom is -0.487 e. The van der Waals surface area contributed by atoms with Gasteiger partial charge in [-0.05, 0) is 69.5 Å². The molecule has 0 aliphatic heterocycles. The topological polar surface area (TPSA) is 37.9 Å². The fourth-order valence-electron chi connectivity index (χ4n) is 2.88. The van der Waals surface area contributed by atoms with Crippen LogP contribution in [-0.2, 0) is 13.0 Å². The van der Waals surface area contributed by atoms with Gasteiger partial charge in [-0.2, -0.15) is 0 Å². The van der Waals surface area contributed by atoms with E-state index >= 15 is 0 Å². The summed E-state index contributed by atoms with van der Waals surface area (Å²) in [5.74, 6) is 0.358. The van der Waals surface area contributed by atoms with Crippen molar-refractivity contribution in [1.29, 1.82) is 0 Å². The lowest BCUT2D eigenvalue weighted by Crippen LogP contribution is -2.01. The lowest BCUT2D eigenvalue weighted by Gasteiger charge is -2.09. The summed E-state index contributed by atoms with van der Waals surface area (Å²) in [5.41, 5.74) is 6.78. The molecular weight excluding hydrogens is 315 g/mol. The number of allylic oxidation sites excluding steroid dienone is 2. The average molecular weight is 338 g/mol. The van der Waals surface area contributed by atoms with Crippen LogP contribution in [-0.4, -0.2) is 9.97 Å². The van der Waals surface area contributed by atoms with Crippen molar-refractivity contribution in [1.82, 2.24) is 9.97 Å². The fraction of sp³-hybridized carbons (Fsp3) is 0.286. The van der Waals surface area contributed by atoms with Crippen molar-refractivity contribution in [3.05, 3.63) is 70.4 Å². The highest BCUT2D eigenvalue weighted by molar-refractivity contribution is 5.89. The summed E-state index contributed by atoms with van der Waals surface area (Å²) in [6.45, 7) is 8.75. The van der Waals surface area contributed by atoms with Gasteiger partial charge < -0.3 is 9.72 Å². The van der Waals surface area contributed by atoms with Gasteiger partial charge >= 0.3 is 0 Å². The van der Waals surface area contributed by atoms with Gasteiger partial charge in [-0.3, -0.25) is 4.98 Å². The van der Waals surface area contributed by atoms with E-state index in [1.54, 1.807) is 12.1 Å². The number of halogens is 1. The molecule has 0 aliphatic rings. The molecule has 0 amide bonds. The smallest absolute Gasteiger partial charge is 0.132 e. The third-order valence-electron chi connectivity index (χ3n) is 4.41. The number of pyridine rings is 1. The van der Waals surface area contributed by atoms with Crippen molar-refractivity contribution < 1.29 is 9.13 Å². The van der Waals surface area contributed by atoms with Crippen LogP contribution >= 0.6 is 0 Å². The Hall–Kier alpha value is -2.62. The Bertz CT molecular complexity index is 919. The molecule has 0 radical (unpaired) electrons. The third kappa shape index (κ3) is 3.73. The Balaban J connectivity index is 1.93. The first-order chi connectivity index (χ1) is 12.0. The number of benzene rings is 1. The number of H-pyrrole nitrogens is 1. The lowest BCUT2D eigenvalue weighted by molar-refractivity contribution is 0.302. The third-order valence-corrected chi connectivity index (χ3v) is 4.41. The van der Waals surface area contributed by atoms with E-state index in [0.29, 0.717) is 12.4 Å². The number of hydrogen-bond acceptors (Lipinski definition) is 2. The molecule has 0 spiro atoms. The standard InChI is InChI=1S/C21H23FN2O/c1-13(2)5-6-16-11-23-19(21-20(16)14(3)15(4)24-21)12-25-18-9-7-17(22)8-10-18/h5,7-11,24H,6,12H2,1-4H3. The van der Waals surface area contributed by atoms with Crippen LogP contribution in [0.15, 0.2) is 42.1 Å². The van der Waals surface area contributed by atoms with Crippen molar-refractivity contribution >= 4 is 10.9 Å². The van der Waals surface area contributed by atoms with Crippen LogP contribution in [0.2, 0.25) is 0 Å². The highest BCUT2D eigenvalue weighted by Crippen LogP contribution is 2.28. The van der Waals surface area contributed by atoms with Crippen molar-refractivity contribution in [3.63, 3.8) is 0 Å². The SMILES string of the molecule is CC(C)=CCc1cnc(COc2ccc(F)cc2)c2[nH]c(C)c(C)c12. The average Bonchev–Trinajstić information content (AvgIpc) is 2.88. The number of aromatic amines is 1. The maximum absolute atomic E-state index is 13.0. The van der Waals surface area contributed by atoms with E-state index in [-0.39, 0.29) is 5.82 Å². The molecule has 3 aromatic rings. The van der Waals surface area contributed by atoms with Gasteiger partial charge in [-0.25, -0.2) is 4.39 Å². The molecular formula is C21H23FN2O. The first kappa shape index (κ1) is 17.2. The minimum atomic E-state index is -0.271. The molecule has 1 aromatic carbocycles. The normalized spacial score (nSPS) is 10.9. The van der Waals surface area contributed by atoms with Crippen molar-refractivity contribution in [2.24, 2.45) is 0 Å². The summed E-state index contributed by atoms with van der Waals surface area (Å²) in [5, 5.41) is 1.22. The van der Waals surface area contributed by atoms with E-state index in [9.17, 15) is 4.39 Å². The molecule has 0 fully saturated rings. The minimum absolute atomic E-state index is 0.271. The highest BCUT2D eigenvalue weighted by atomic mass is 19.1. The molecule has 25 heavy (non-hydrogen) atoms. The van der Waals surface area contributed by atoms with Crippen molar-refractivity contribution in [2.45, 2.75) is 40.7 Å². The summed E-state index contributed by atoms with van der Waals surface area (Å²) < 4.78 is 18.8. The van der Waals surface area contributed by atoms with E-state index in [2.05, 4.69) is 43.7 Å². The summed E-state index contributed by atoms with van der Waals surface area (Å²) in [6.07, 6.45) is 5.02. The number of aromatic nitrogens is 2. The molecule has 130 valence electrons. The molecule has 2 aromatic heterocycles. The number of rotatable bonds is 5. The van der Waals surface area contributed by atoms with Gasteiger partial charge in [0.25, 0.3) is 0 Å². The van der Waals surface area contributed by atoms with E-state index < -0.39 is 0 Å². The quantitative estimate of drug-likeness (QED) is 0.632. The zero-order valence-electron chi connectivity index (χ0n) is 15.1. The Labute approximate surface area is 147 Å². The second kappa shape index (κ2) is 7.09. The molecule has 0 unspecified atom stereocenters. The molecule has 0 saturated carbocycles. The van der Waals surface area contributed by atoms with Crippen molar-refractivity contribution in [2.75, 3.05) is 0 Å². The Kier molecular flexibility index (Phi) is 4.88. The van der Waals surface area contributed by atoms with Gasteiger partial charge in [0.2, 0.25) is 0 Å². The largest absolute Gasteiger partial charge is 0.487 e. The summed E-state index contributed by atoms with van der Waals surface area (Å²) >= 11 is 0. The number of fused-ring (bicyclic) bond motifs is 1. The van der Waals surface area contributed by atoms with Gasteiger partial charge in [0.15, 0.2) is 0 Å². The molecule has 2 heterocycles. The second-order valence-corrected chi connectivity index (χ2v) is 6.58. The predicted octanol–water partition coefficient (Wildman–Crippen LogP) is 5.41. The van der Waals surface area contributed by atoms with Crippen LogP contribution in [0.3, 0.4) is 0 Å². The Morgan fingerprint density at radius 1 is 1.20 bits per heavy atom. The molecule has 1 N–H and O–H groups in total. The summed E-state index contributed by atoms with van der Waals surface area (Å²) in [7, 11) is 0. The van der Waals surface area contributed by atoms with E-state index in [1.165, 1.54) is 34.2 Å². The zero-order valence-corrected chi connectivity index (χ0v) is 15.1. The molecule has 0 aliphatic carbocycles. The van der Waals surface area contributed by atoms with E-state index in [4.69, 9.17) is 4.74 Å². The van der Waals surface area contributed by atoms with Crippen LogP contribution in [0.25, 0.3) is 10.9 Å². The Morgan fingerprint density at radius 3 is 2.60 bits per heavy atom. The van der Waals surface area contributed by atoms with Crippen LogP contribution in [0.4, 0.5) is 4.39 Å². The second-order valence-electron chi connectivity index (χ2n) is 6.58.